The Balaban J connectivity index is 1.81. The third kappa shape index (κ3) is 4.31. The van der Waals surface area contributed by atoms with Crippen LogP contribution >= 0.6 is 0 Å². The van der Waals surface area contributed by atoms with Crippen molar-refractivity contribution in [3.63, 3.8) is 0 Å². The van der Waals surface area contributed by atoms with Gasteiger partial charge in [0.2, 0.25) is 5.95 Å². The van der Waals surface area contributed by atoms with Crippen LogP contribution in [0.1, 0.15) is 76.3 Å². The Morgan fingerprint density at radius 1 is 1.24 bits per heavy atom. The molecule has 2 aromatic heterocycles. The van der Waals surface area contributed by atoms with E-state index in [1.807, 2.05) is 10.8 Å². The van der Waals surface area contributed by atoms with E-state index in [-0.39, 0.29) is 23.7 Å². The molecule has 7 heteroatoms. The van der Waals surface area contributed by atoms with Gasteiger partial charge in [-0.1, -0.05) is 6.92 Å². The Labute approximate surface area is 171 Å². The summed E-state index contributed by atoms with van der Waals surface area (Å²) in [7, 11) is 0. The second-order valence-corrected chi connectivity index (χ2v) is 8.56. The second-order valence-electron chi connectivity index (χ2n) is 8.56. The minimum atomic E-state index is -0.212. The molecule has 0 aromatic carbocycles. The molecule has 2 aromatic rings. The summed E-state index contributed by atoms with van der Waals surface area (Å²) in [5, 5.41) is 13.9. The Morgan fingerprint density at radius 3 is 2.66 bits per heavy atom. The van der Waals surface area contributed by atoms with Gasteiger partial charge in [0, 0.05) is 37.7 Å². The van der Waals surface area contributed by atoms with Gasteiger partial charge in [0.25, 0.3) is 5.56 Å². The summed E-state index contributed by atoms with van der Waals surface area (Å²) in [4.78, 5) is 22.5. The molecule has 1 atom stereocenters. The third-order valence-corrected chi connectivity index (χ3v) is 6.51. The quantitative estimate of drug-likeness (QED) is 0.800. The van der Waals surface area contributed by atoms with E-state index in [2.05, 4.69) is 24.1 Å². The molecule has 0 spiro atoms. The monoisotopic (exact) mass is 400 g/mol. The minimum absolute atomic E-state index is 0.0124. The first-order valence-corrected chi connectivity index (χ1v) is 11.0. The molecule has 1 saturated carbocycles. The number of pyridine rings is 1. The van der Waals surface area contributed by atoms with Crippen LogP contribution in [0.15, 0.2) is 17.2 Å². The topological polar surface area (TPSA) is 89.3 Å². The SMILES string of the molecule is CC[C@H](C)Nc1ncc2c(=O)n(C3CCOCC3)cc([C@H]3CC[C@H](O)CC3)c2n1. The van der Waals surface area contributed by atoms with Crippen molar-refractivity contribution in [1.82, 2.24) is 14.5 Å². The van der Waals surface area contributed by atoms with E-state index in [0.717, 1.165) is 56.0 Å². The zero-order valence-electron chi connectivity index (χ0n) is 17.4. The first kappa shape index (κ1) is 20.3. The lowest BCUT2D eigenvalue weighted by Crippen LogP contribution is -2.30. The smallest absolute Gasteiger partial charge is 0.261 e. The molecule has 3 heterocycles. The number of anilines is 1. The third-order valence-electron chi connectivity index (χ3n) is 6.51. The van der Waals surface area contributed by atoms with E-state index in [1.54, 1.807) is 6.20 Å². The Bertz CT molecular complexity index is 899. The van der Waals surface area contributed by atoms with Crippen molar-refractivity contribution < 1.29 is 9.84 Å². The van der Waals surface area contributed by atoms with Gasteiger partial charge < -0.3 is 19.7 Å². The molecule has 2 fully saturated rings. The van der Waals surface area contributed by atoms with Crippen LogP contribution in [0.25, 0.3) is 10.9 Å². The molecule has 1 saturated heterocycles. The summed E-state index contributed by atoms with van der Waals surface area (Å²) < 4.78 is 7.39. The van der Waals surface area contributed by atoms with Crippen LogP contribution in [-0.2, 0) is 4.74 Å². The maximum atomic E-state index is 13.3. The number of nitrogens with zero attached hydrogens (tertiary/aromatic N) is 3. The second kappa shape index (κ2) is 8.79. The number of aliphatic hydroxyl groups is 1. The van der Waals surface area contributed by atoms with Gasteiger partial charge in [-0.2, -0.15) is 0 Å². The Kier molecular flexibility index (Phi) is 6.15. The van der Waals surface area contributed by atoms with E-state index in [4.69, 9.17) is 9.72 Å². The van der Waals surface area contributed by atoms with E-state index < -0.39 is 0 Å². The maximum absolute atomic E-state index is 13.3. The lowest BCUT2D eigenvalue weighted by Gasteiger charge is -2.29. The van der Waals surface area contributed by atoms with Gasteiger partial charge in [-0.25, -0.2) is 9.97 Å². The molecule has 0 unspecified atom stereocenters. The van der Waals surface area contributed by atoms with Crippen LogP contribution in [0, 0.1) is 0 Å². The fourth-order valence-corrected chi connectivity index (χ4v) is 4.48. The summed E-state index contributed by atoms with van der Waals surface area (Å²) in [6.45, 7) is 5.59. The fourth-order valence-electron chi connectivity index (χ4n) is 4.48. The highest BCUT2D eigenvalue weighted by atomic mass is 16.5. The van der Waals surface area contributed by atoms with Crippen LogP contribution in [-0.4, -0.2) is 45.0 Å². The van der Waals surface area contributed by atoms with Gasteiger partial charge in [0.15, 0.2) is 0 Å². The Hall–Kier alpha value is -1.99. The lowest BCUT2D eigenvalue weighted by atomic mass is 9.82. The number of fused-ring (bicyclic) bond motifs is 1. The van der Waals surface area contributed by atoms with Gasteiger partial charge in [-0.15, -0.1) is 0 Å². The number of aromatic nitrogens is 3. The lowest BCUT2D eigenvalue weighted by molar-refractivity contribution is 0.0686. The van der Waals surface area contributed by atoms with Gasteiger partial charge in [0.05, 0.1) is 17.0 Å². The van der Waals surface area contributed by atoms with Crippen LogP contribution in [0.5, 0.6) is 0 Å². The number of ether oxygens (including phenoxy) is 1. The normalized spacial score (nSPS) is 24.5. The summed E-state index contributed by atoms with van der Waals surface area (Å²) in [6.07, 6.45) is 9.62. The fraction of sp³-hybridized carbons (Fsp3) is 0.682. The average molecular weight is 401 g/mol. The number of hydrogen-bond donors (Lipinski definition) is 2. The van der Waals surface area contributed by atoms with E-state index >= 15 is 0 Å². The van der Waals surface area contributed by atoms with Gasteiger partial charge in [-0.3, -0.25) is 4.79 Å². The number of hydrogen-bond acceptors (Lipinski definition) is 6. The van der Waals surface area contributed by atoms with E-state index in [0.29, 0.717) is 30.5 Å². The molecule has 1 aliphatic carbocycles. The van der Waals surface area contributed by atoms with Crippen molar-refractivity contribution >= 4 is 16.9 Å². The molecule has 7 nitrogen and oxygen atoms in total. The molecular weight excluding hydrogens is 368 g/mol. The zero-order valence-corrected chi connectivity index (χ0v) is 17.4. The number of nitrogens with one attached hydrogen (secondary N) is 1. The molecule has 0 amide bonds. The standard InChI is InChI=1S/C22H32N4O3/c1-3-14(2)24-22-23-12-18-20(25-22)19(15-4-6-17(27)7-5-15)13-26(21(18)28)16-8-10-29-11-9-16/h12-17,27H,3-11H2,1-2H3,(H,23,24,25)/t14-,15-,17-/m0/s1. The number of rotatable bonds is 5. The molecule has 2 aliphatic rings. The highest BCUT2D eigenvalue weighted by molar-refractivity contribution is 5.81. The molecule has 0 bridgehead atoms. The highest BCUT2D eigenvalue weighted by Gasteiger charge is 2.27. The molecule has 0 radical (unpaired) electrons. The molecule has 4 rings (SSSR count). The maximum Gasteiger partial charge on any atom is 0.261 e. The van der Waals surface area contributed by atoms with Crippen molar-refractivity contribution in [2.75, 3.05) is 18.5 Å². The number of aliphatic hydroxyl groups excluding tert-OH is 1. The minimum Gasteiger partial charge on any atom is -0.393 e. The van der Waals surface area contributed by atoms with Gasteiger partial charge in [-0.05, 0) is 63.4 Å². The van der Waals surface area contributed by atoms with Crippen LogP contribution in [0.3, 0.4) is 0 Å². The van der Waals surface area contributed by atoms with Crippen molar-refractivity contribution in [3.8, 4) is 0 Å². The van der Waals surface area contributed by atoms with Crippen LogP contribution in [0.2, 0.25) is 0 Å². The van der Waals surface area contributed by atoms with Gasteiger partial charge in [0.1, 0.15) is 0 Å². The summed E-state index contributed by atoms with van der Waals surface area (Å²) in [5.74, 6) is 0.881. The first-order chi connectivity index (χ1) is 14.1. The average Bonchev–Trinajstić information content (AvgIpc) is 2.75. The van der Waals surface area contributed by atoms with E-state index in [1.165, 1.54) is 0 Å². The van der Waals surface area contributed by atoms with Crippen LogP contribution < -0.4 is 10.9 Å². The van der Waals surface area contributed by atoms with Crippen molar-refractivity contribution in [1.29, 1.82) is 0 Å². The van der Waals surface area contributed by atoms with Crippen molar-refractivity contribution in [2.45, 2.75) is 82.9 Å². The predicted molar refractivity (Wildman–Crippen MR) is 113 cm³/mol. The highest BCUT2D eigenvalue weighted by Crippen LogP contribution is 2.36. The largest absolute Gasteiger partial charge is 0.393 e. The summed E-state index contributed by atoms with van der Waals surface area (Å²) in [5.41, 5.74) is 1.87. The van der Waals surface area contributed by atoms with Crippen molar-refractivity contribution in [2.24, 2.45) is 0 Å². The predicted octanol–water partition coefficient (Wildman–Crippen LogP) is 3.37. The molecule has 1 aliphatic heterocycles. The van der Waals surface area contributed by atoms with E-state index in [9.17, 15) is 9.90 Å². The first-order valence-electron chi connectivity index (χ1n) is 11.0. The zero-order chi connectivity index (χ0) is 20.4. The molecular formula is C22H32N4O3. The van der Waals surface area contributed by atoms with Crippen LogP contribution in [0.4, 0.5) is 5.95 Å². The molecule has 2 N–H and O–H groups in total. The van der Waals surface area contributed by atoms with Crippen molar-refractivity contribution in [3.05, 3.63) is 28.3 Å². The molecule has 158 valence electrons. The van der Waals surface area contributed by atoms with Gasteiger partial charge >= 0.3 is 0 Å². The Morgan fingerprint density at radius 2 is 1.97 bits per heavy atom. The summed E-state index contributed by atoms with van der Waals surface area (Å²) >= 11 is 0. The summed E-state index contributed by atoms with van der Waals surface area (Å²) in [6, 6.07) is 0.426. The molecule has 29 heavy (non-hydrogen) atoms.